The zero-order valence-corrected chi connectivity index (χ0v) is 13.8. The molecule has 0 aliphatic carbocycles. The fraction of sp³-hybridized carbons (Fsp3) is 0.200. The van der Waals surface area contributed by atoms with E-state index in [2.05, 4.69) is 19.2 Å². The third kappa shape index (κ3) is 3.23. The quantitative estimate of drug-likeness (QED) is 0.795. The fourth-order valence-electron chi connectivity index (χ4n) is 2.81. The molecule has 1 heterocycles. The average Bonchev–Trinajstić information content (AvgIpc) is 2.58. The van der Waals surface area contributed by atoms with E-state index in [1.807, 2.05) is 48.5 Å². The second kappa shape index (κ2) is 6.71. The number of pyridine rings is 1. The van der Waals surface area contributed by atoms with E-state index in [-0.39, 0.29) is 18.0 Å². The maximum Gasteiger partial charge on any atom is 0.258 e. The van der Waals surface area contributed by atoms with Crippen LogP contribution in [0.15, 0.2) is 65.6 Å². The molecule has 1 amide bonds. The number of hydrogen-bond acceptors (Lipinski definition) is 2. The summed E-state index contributed by atoms with van der Waals surface area (Å²) in [6, 6.07) is 17.0. The molecular weight excluding hydrogens is 300 g/mol. The van der Waals surface area contributed by atoms with Crippen LogP contribution in [0.4, 0.5) is 5.69 Å². The van der Waals surface area contributed by atoms with Gasteiger partial charge < -0.3 is 9.88 Å². The van der Waals surface area contributed by atoms with E-state index >= 15 is 0 Å². The van der Waals surface area contributed by atoms with Gasteiger partial charge in [0.15, 0.2) is 0 Å². The van der Waals surface area contributed by atoms with Gasteiger partial charge in [0.1, 0.15) is 6.54 Å². The van der Waals surface area contributed by atoms with Crippen molar-refractivity contribution in [1.82, 2.24) is 4.57 Å². The Morgan fingerprint density at radius 1 is 1.04 bits per heavy atom. The Bertz CT molecular complexity index is 942. The lowest BCUT2D eigenvalue weighted by molar-refractivity contribution is -0.116. The minimum atomic E-state index is -0.208. The van der Waals surface area contributed by atoms with Gasteiger partial charge in [-0.05, 0) is 35.1 Å². The minimum Gasteiger partial charge on any atom is -0.324 e. The first-order valence-electron chi connectivity index (χ1n) is 8.03. The molecule has 1 aromatic heterocycles. The fourth-order valence-corrected chi connectivity index (χ4v) is 2.81. The van der Waals surface area contributed by atoms with E-state index in [4.69, 9.17) is 0 Å². The van der Waals surface area contributed by atoms with Gasteiger partial charge in [-0.15, -0.1) is 0 Å². The highest BCUT2D eigenvalue weighted by atomic mass is 16.2. The van der Waals surface area contributed by atoms with Gasteiger partial charge in [-0.2, -0.15) is 0 Å². The van der Waals surface area contributed by atoms with Crippen molar-refractivity contribution in [2.45, 2.75) is 26.3 Å². The Labute approximate surface area is 140 Å². The van der Waals surface area contributed by atoms with E-state index < -0.39 is 0 Å². The topological polar surface area (TPSA) is 51.1 Å². The molecule has 0 radical (unpaired) electrons. The molecule has 0 unspecified atom stereocenters. The van der Waals surface area contributed by atoms with Crippen molar-refractivity contribution >= 4 is 22.4 Å². The van der Waals surface area contributed by atoms with Crippen LogP contribution in [-0.4, -0.2) is 10.5 Å². The number of fused-ring (bicyclic) bond motifs is 1. The summed E-state index contributed by atoms with van der Waals surface area (Å²) >= 11 is 0. The van der Waals surface area contributed by atoms with Crippen molar-refractivity contribution in [3.8, 4) is 0 Å². The van der Waals surface area contributed by atoms with Crippen LogP contribution in [0, 0.1) is 0 Å². The molecule has 0 saturated heterocycles. The number of carbonyl (C=O) groups excluding carboxylic acids is 1. The summed E-state index contributed by atoms with van der Waals surface area (Å²) < 4.78 is 1.44. The summed E-state index contributed by atoms with van der Waals surface area (Å²) in [7, 11) is 0. The lowest BCUT2D eigenvalue weighted by Crippen LogP contribution is -2.27. The monoisotopic (exact) mass is 320 g/mol. The van der Waals surface area contributed by atoms with Crippen LogP contribution >= 0.6 is 0 Å². The third-order valence-electron chi connectivity index (χ3n) is 4.06. The first-order valence-corrected chi connectivity index (χ1v) is 8.03. The molecule has 0 saturated carbocycles. The Morgan fingerprint density at radius 3 is 2.54 bits per heavy atom. The summed E-state index contributed by atoms with van der Waals surface area (Å²) in [5, 5.41) is 4.42. The van der Waals surface area contributed by atoms with Crippen molar-refractivity contribution in [3.63, 3.8) is 0 Å². The Balaban J connectivity index is 1.84. The van der Waals surface area contributed by atoms with Crippen LogP contribution in [0.1, 0.15) is 25.3 Å². The van der Waals surface area contributed by atoms with E-state index in [0.717, 1.165) is 16.6 Å². The summed E-state index contributed by atoms with van der Waals surface area (Å²) in [5.74, 6) is 0.102. The number of rotatable bonds is 4. The maximum absolute atomic E-state index is 12.5. The summed E-state index contributed by atoms with van der Waals surface area (Å²) in [6.45, 7) is 4.16. The summed E-state index contributed by atoms with van der Waals surface area (Å²) in [6.07, 6.45) is 1.67. The molecule has 0 fully saturated rings. The predicted molar refractivity (Wildman–Crippen MR) is 97.4 cm³/mol. The average molecular weight is 320 g/mol. The molecule has 3 rings (SSSR count). The zero-order valence-electron chi connectivity index (χ0n) is 13.8. The van der Waals surface area contributed by atoms with E-state index in [1.165, 1.54) is 4.57 Å². The highest BCUT2D eigenvalue weighted by molar-refractivity contribution is 5.91. The number of hydrogen-bond donors (Lipinski definition) is 1. The van der Waals surface area contributed by atoms with Gasteiger partial charge in [0.2, 0.25) is 5.91 Å². The van der Waals surface area contributed by atoms with Crippen molar-refractivity contribution in [2.24, 2.45) is 0 Å². The molecule has 3 aromatic rings. The van der Waals surface area contributed by atoms with Crippen LogP contribution in [-0.2, 0) is 11.3 Å². The number of nitrogens with one attached hydrogen (secondary N) is 1. The third-order valence-corrected chi connectivity index (χ3v) is 4.06. The molecular formula is C20H20N2O2. The molecule has 4 nitrogen and oxygen atoms in total. The highest BCUT2D eigenvalue weighted by Crippen LogP contribution is 2.23. The van der Waals surface area contributed by atoms with Gasteiger partial charge in [-0.3, -0.25) is 9.59 Å². The number of nitrogens with zero attached hydrogens (tertiary/aromatic N) is 1. The smallest absolute Gasteiger partial charge is 0.258 e. The molecule has 0 bridgehead atoms. The summed E-state index contributed by atoms with van der Waals surface area (Å²) in [5.41, 5.74) is 1.73. The lowest BCUT2D eigenvalue weighted by atomic mass is 10.0. The van der Waals surface area contributed by atoms with Gasteiger partial charge in [-0.25, -0.2) is 0 Å². The molecule has 1 N–H and O–H groups in total. The van der Waals surface area contributed by atoms with Gasteiger partial charge >= 0.3 is 0 Å². The van der Waals surface area contributed by atoms with Gasteiger partial charge in [0, 0.05) is 17.3 Å². The zero-order chi connectivity index (χ0) is 17.1. The van der Waals surface area contributed by atoms with Crippen molar-refractivity contribution in [1.29, 1.82) is 0 Å². The normalized spacial score (nSPS) is 11.0. The SMILES string of the molecule is CC(C)c1ccccc1NC(=O)Cn1ccc2ccccc2c1=O. The largest absolute Gasteiger partial charge is 0.324 e. The molecule has 4 heteroatoms. The van der Waals surface area contributed by atoms with E-state index in [1.54, 1.807) is 12.3 Å². The van der Waals surface area contributed by atoms with Gasteiger partial charge in [0.25, 0.3) is 5.56 Å². The van der Waals surface area contributed by atoms with Gasteiger partial charge in [-0.1, -0.05) is 50.2 Å². The second-order valence-corrected chi connectivity index (χ2v) is 6.13. The molecule has 2 aromatic carbocycles. The van der Waals surface area contributed by atoms with Gasteiger partial charge in [0.05, 0.1) is 0 Å². The van der Waals surface area contributed by atoms with Crippen molar-refractivity contribution in [2.75, 3.05) is 5.32 Å². The number of aromatic nitrogens is 1. The molecule has 0 aliphatic rings. The first kappa shape index (κ1) is 16.0. The second-order valence-electron chi connectivity index (χ2n) is 6.13. The van der Waals surface area contributed by atoms with E-state index in [0.29, 0.717) is 11.3 Å². The Hall–Kier alpha value is -2.88. The minimum absolute atomic E-state index is 0.00387. The number of anilines is 1. The lowest BCUT2D eigenvalue weighted by Gasteiger charge is -2.14. The van der Waals surface area contributed by atoms with E-state index in [9.17, 15) is 9.59 Å². The maximum atomic E-state index is 12.5. The predicted octanol–water partition coefficient (Wildman–Crippen LogP) is 3.76. The Kier molecular flexibility index (Phi) is 4.47. The number of amides is 1. The van der Waals surface area contributed by atoms with Crippen LogP contribution in [0.3, 0.4) is 0 Å². The number of benzene rings is 2. The van der Waals surface area contributed by atoms with Crippen LogP contribution in [0.25, 0.3) is 10.8 Å². The molecule has 0 atom stereocenters. The number of para-hydroxylation sites is 1. The standard InChI is InChI=1S/C20H20N2O2/c1-14(2)16-8-5-6-10-18(16)21-19(23)13-22-12-11-15-7-3-4-9-17(15)20(22)24/h3-12,14H,13H2,1-2H3,(H,21,23). The van der Waals surface area contributed by atoms with Crippen molar-refractivity contribution in [3.05, 3.63) is 76.7 Å². The van der Waals surface area contributed by atoms with Crippen LogP contribution < -0.4 is 10.9 Å². The molecule has 24 heavy (non-hydrogen) atoms. The van der Waals surface area contributed by atoms with Crippen LogP contribution in [0.5, 0.6) is 0 Å². The first-order chi connectivity index (χ1) is 11.6. The molecule has 122 valence electrons. The Morgan fingerprint density at radius 2 is 1.75 bits per heavy atom. The molecule has 0 spiro atoms. The summed E-state index contributed by atoms with van der Waals surface area (Å²) in [4.78, 5) is 24.8. The number of carbonyl (C=O) groups is 1. The highest BCUT2D eigenvalue weighted by Gasteiger charge is 2.11. The van der Waals surface area contributed by atoms with Crippen LogP contribution in [0.2, 0.25) is 0 Å². The van der Waals surface area contributed by atoms with Crippen molar-refractivity contribution < 1.29 is 4.79 Å². The molecule has 0 aliphatic heterocycles.